The van der Waals surface area contributed by atoms with Crippen LogP contribution in [0.5, 0.6) is 0 Å². The first-order valence-electron chi connectivity index (χ1n) is 8.22. The van der Waals surface area contributed by atoms with Crippen molar-refractivity contribution < 1.29 is 22.0 Å². The third-order valence-electron chi connectivity index (χ3n) is 4.04. The maximum absolute atomic E-state index is 12.6. The number of halogens is 2. The van der Waals surface area contributed by atoms with Gasteiger partial charge in [-0.15, -0.1) is 5.10 Å². The van der Waals surface area contributed by atoms with Crippen molar-refractivity contribution >= 4 is 50.0 Å². The zero-order valence-corrected chi connectivity index (χ0v) is 16.2. The lowest BCUT2D eigenvalue weighted by Gasteiger charge is -2.07. The molecule has 0 radical (unpaired) electrons. The van der Waals surface area contributed by atoms with E-state index in [4.69, 9.17) is 0 Å². The van der Waals surface area contributed by atoms with Crippen molar-refractivity contribution in [3.05, 3.63) is 48.5 Å². The number of sulfone groups is 1. The fourth-order valence-electron chi connectivity index (χ4n) is 2.70. The Bertz CT molecular complexity index is 1300. The van der Waals surface area contributed by atoms with Gasteiger partial charge in [0.15, 0.2) is 5.16 Å². The van der Waals surface area contributed by atoms with E-state index in [-0.39, 0.29) is 11.7 Å². The molecule has 2 aromatic heterocycles. The largest absolute Gasteiger partial charge is 0.341 e. The van der Waals surface area contributed by atoms with E-state index < -0.39 is 20.5 Å². The molecule has 0 aliphatic rings. The summed E-state index contributed by atoms with van der Waals surface area (Å²) in [4.78, 5) is 16.1. The topological polar surface area (TPSA) is 109 Å². The predicted molar refractivity (Wildman–Crippen MR) is 104 cm³/mol. The minimum Gasteiger partial charge on any atom is -0.325 e. The highest BCUT2D eigenvalue weighted by Crippen LogP contribution is 2.24. The van der Waals surface area contributed by atoms with Gasteiger partial charge in [0.25, 0.3) is 0 Å². The lowest BCUT2D eigenvalue weighted by molar-refractivity contribution is -0.113. The number of carbonyl (C=O) groups is 1. The molecule has 29 heavy (non-hydrogen) atoms. The SMILES string of the molecule is O=C(CSc1n[nH]c2nc3ccccc3n12)Nc1ccc(S(=O)(=O)C(F)F)cc1. The normalized spacial score (nSPS) is 12.1. The van der Waals surface area contributed by atoms with Crippen LogP contribution in [-0.2, 0) is 14.6 Å². The molecule has 2 N–H and O–H groups in total. The number of aromatic amines is 1. The van der Waals surface area contributed by atoms with Crippen LogP contribution in [0.2, 0.25) is 0 Å². The molecule has 2 aromatic carbocycles. The number of thioether (sulfide) groups is 1. The maximum Gasteiger partial charge on any atom is 0.341 e. The van der Waals surface area contributed by atoms with E-state index in [2.05, 4.69) is 20.5 Å². The number of para-hydroxylation sites is 2. The summed E-state index contributed by atoms with van der Waals surface area (Å²) in [5.41, 5.74) is 1.95. The van der Waals surface area contributed by atoms with Gasteiger partial charge in [0, 0.05) is 5.69 Å². The number of imidazole rings is 1. The fourth-order valence-corrected chi connectivity index (χ4v) is 4.17. The molecule has 0 bridgehead atoms. The number of carbonyl (C=O) groups excluding carboxylic acids is 1. The van der Waals surface area contributed by atoms with Crippen molar-refractivity contribution in [1.29, 1.82) is 0 Å². The highest BCUT2D eigenvalue weighted by Gasteiger charge is 2.26. The Morgan fingerprint density at radius 3 is 2.62 bits per heavy atom. The first kappa shape index (κ1) is 19.3. The van der Waals surface area contributed by atoms with Crippen LogP contribution >= 0.6 is 11.8 Å². The molecule has 4 rings (SSSR count). The van der Waals surface area contributed by atoms with Gasteiger partial charge in [-0.25, -0.2) is 18.5 Å². The average molecular weight is 437 g/mol. The number of H-pyrrole nitrogens is 1. The maximum atomic E-state index is 12.6. The quantitative estimate of drug-likeness (QED) is 0.449. The highest BCUT2D eigenvalue weighted by atomic mass is 32.2. The van der Waals surface area contributed by atoms with E-state index >= 15 is 0 Å². The van der Waals surface area contributed by atoms with Gasteiger partial charge in [-0.3, -0.25) is 9.20 Å². The van der Waals surface area contributed by atoms with Gasteiger partial charge in [-0.05, 0) is 36.4 Å². The molecular formula is C17H13F2N5O3S2. The predicted octanol–water partition coefficient (Wildman–Crippen LogP) is 2.94. The molecule has 2 heterocycles. The average Bonchev–Trinajstić information content (AvgIpc) is 3.26. The molecule has 0 aliphatic carbocycles. The number of hydrogen-bond donors (Lipinski definition) is 2. The van der Waals surface area contributed by atoms with Crippen LogP contribution in [0, 0.1) is 0 Å². The monoisotopic (exact) mass is 437 g/mol. The van der Waals surface area contributed by atoms with Crippen LogP contribution in [0.1, 0.15) is 0 Å². The number of amides is 1. The molecule has 0 atom stereocenters. The Morgan fingerprint density at radius 1 is 1.17 bits per heavy atom. The zero-order valence-electron chi connectivity index (χ0n) is 14.5. The Morgan fingerprint density at radius 2 is 1.90 bits per heavy atom. The van der Waals surface area contributed by atoms with Crippen molar-refractivity contribution in [3.8, 4) is 0 Å². The first-order chi connectivity index (χ1) is 13.9. The smallest absolute Gasteiger partial charge is 0.325 e. The van der Waals surface area contributed by atoms with Gasteiger partial charge < -0.3 is 5.32 Å². The van der Waals surface area contributed by atoms with Gasteiger partial charge in [0.1, 0.15) is 0 Å². The molecule has 4 aromatic rings. The molecule has 0 saturated heterocycles. The van der Waals surface area contributed by atoms with Crippen LogP contribution < -0.4 is 5.32 Å². The van der Waals surface area contributed by atoms with E-state index in [1.807, 2.05) is 24.3 Å². The molecule has 0 aliphatic heterocycles. The molecule has 0 fully saturated rings. The van der Waals surface area contributed by atoms with Gasteiger partial charge in [-0.1, -0.05) is 23.9 Å². The number of benzene rings is 2. The fraction of sp³-hybridized carbons (Fsp3) is 0.118. The van der Waals surface area contributed by atoms with Crippen molar-refractivity contribution in [2.24, 2.45) is 0 Å². The zero-order chi connectivity index (χ0) is 20.6. The summed E-state index contributed by atoms with van der Waals surface area (Å²) in [5, 5.41) is 10.1. The van der Waals surface area contributed by atoms with Crippen LogP contribution in [0.15, 0.2) is 58.6 Å². The van der Waals surface area contributed by atoms with Crippen LogP contribution in [0.25, 0.3) is 16.8 Å². The summed E-state index contributed by atoms with van der Waals surface area (Å²) >= 11 is 1.19. The minimum absolute atomic E-state index is 0.0313. The second kappa shape index (κ2) is 7.44. The van der Waals surface area contributed by atoms with Crippen molar-refractivity contribution in [2.75, 3.05) is 11.1 Å². The summed E-state index contributed by atoms with van der Waals surface area (Å²) in [6.45, 7) is 0. The second-order valence-corrected chi connectivity index (χ2v) is 8.79. The Balaban J connectivity index is 1.44. The number of nitrogens with zero attached hydrogens (tertiary/aromatic N) is 3. The minimum atomic E-state index is -4.67. The van der Waals surface area contributed by atoms with Crippen molar-refractivity contribution in [3.63, 3.8) is 0 Å². The van der Waals surface area contributed by atoms with E-state index in [1.54, 1.807) is 4.40 Å². The van der Waals surface area contributed by atoms with E-state index in [0.717, 1.165) is 23.2 Å². The van der Waals surface area contributed by atoms with Crippen LogP contribution in [0.4, 0.5) is 14.5 Å². The molecular weight excluding hydrogens is 424 g/mol. The number of anilines is 1. The number of alkyl halides is 2. The van der Waals surface area contributed by atoms with Gasteiger partial charge in [-0.2, -0.15) is 8.78 Å². The summed E-state index contributed by atoms with van der Waals surface area (Å²) in [6.07, 6.45) is 0. The first-order valence-corrected chi connectivity index (χ1v) is 10.8. The summed E-state index contributed by atoms with van der Waals surface area (Å²) in [5.74, 6) is -3.27. The van der Waals surface area contributed by atoms with E-state index in [9.17, 15) is 22.0 Å². The van der Waals surface area contributed by atoms with E-state index in [1.165, 1.54) is 23.9 Å². The third kappa shape index (κ3) is 3.68. The molecule has 0 saturated carbocycles. The van der Waals surface area contributed by atoms with Gasteiger partial charge in [0.2, 0.25) is 21.5 Å². The Labute approximate surface area is 167 Å². The second-order valence-electron chi connectivity index (χ2n) is 5.93. The number of nitrogens with one attached hydrogen (secondary N) is 2. The lowest BCUT2D eigenvalue weighted by atomic mass is 10.3. The van der Waals surface area contributed by atoms with Gasteiger partial charge in [0.05, 0.1) is 21.7 Å². The van der Waals surface area contributed by atoms with Crippen molar-refractivity contribution in [2.45, 2.75) is 15.8 Å². The summed E-state index contributed by atoms with van der Waals surface area (Å²) in [7, 11) is -4.67. The number of fused-ring (bicyclic) bond motifs is 3. The molecule has 150 valence electrons. The molecule has 8 nitrogen and oxygen atoms in total. The van der Waals surface area contributed by atoms with Gasteiger partial charge >= 0.3 is 5.76 Å². The Hall–Kier alpha value is -2.99. The van der Waals surface area contributed by atoms with Crippen LogP contribution in [-0.4, -0.2) is 45.4 Å². The number of rotatable bonds is 6. The summed E-state index contributed by atoms with van der Waals surface area (Å²) < 4.78 is 49.7. The lowest BCUT2D eigenvalue weighted by Crippen LogP contribution is -2.15. The van der Waals surface area contributed by atoms with Crippen LogP contribution in [0.3, 0.4) is 0 Å². The Kier molecular flexibility index (Phi) is 4.96. The third-order valence-corrected chi connectivity index (χ3v) is 6.37. The highest BCUT2D eigenvalue weighted by molar-refractivity contribution is 7.99. The summed E-state index contributed by atoms with van der Waals surface area (Å²) in [6, 6.07) is 12.1. The molecule has 12 heteroatoms. The molecule has 1 amide bonds. The van der Waals surface area contributed by atoms with Crippen molar-refractivity contribution in [1.82, 2.24) is 19.6 Å². The number of hydrogen-bond acceptors (Lipinski definition) is 6. The van der Waals surface area contributed by atoms with E-state index in [0.29, 0.717) is 16.6 Å². The standard InChI is InChI=1S/C17H13F2N5O3S2/c18-15(19)29(26,27)11-7-5-10(6-8-11)20-14(25)9-28-17-23-22-16-21-12-3-1-2-4-13(12)24(16)17/h1-8,15H,9H2,(H,20,25)(H,21,22). The molecule has 0 spiro atoms. The molecule has 0 unspecified atom stereocenters. The number of aromatic nitrogens is 4.